The Morgan fingerprint density at radius 2 is 2.12 bits per heavy atom. The maximum absolute atomic E-state index is 11.6. The molecule has 16 heavy (non-hydrogen) atoms. The van der Waals surface area contributed by atoms with E-state index in [2.05, 4.69) is 6.08 Å². The van der Waals surface area contributed by atoms with Gasteiger partial charge in [-0.3, -0.25) is 4.79 Å². The van der Waals surface area contributed by atoms with Crippen LogP contribution < -0.4 is 0 Å². The van der Waals surface area contributed by atoms with Crippen LogP contribution >= 0.6 is 0 Å². The molecular weight excluding hydrogens is 200 g/mol. The van der Waals surface area contributed by atoms with Crippen molar-refractivity contribution >= 4 is 5.97 Å². The summed E-state index contributed by atoms with van der Waals surface area (Å²) in [5.74, 6) is -0.136. The Hall–Kier alpha value is -1.57. The van der Waals surface area contributed by atoms with Gasteiger partial charge in [-0.05, 0) is 30.9 Å². The average molecular weight is 216 g/mol. The van der Waals surface area contributed by atoms with Crippen molar-refractivity contribution in [2.45, 2.75) is 31.8 Å². The molecule has 1 unspecified atom stereocenters. The van der Waals surface area contributed by atoms with Crippen LogP contribution in [0.3, 0.4) is 0 Å². The first-order valence-corrected chi connectivity index (χ1v) is 5.74. The molecule has 1 aromatic carbocycles. The van der Waals surface area contributed by atoms with Gasteiger partial charge in [0.25, 0.3) is 0 Å². The summed E-state index contributed by atoms with van der Waals surface area (Å²) in [7, 11) is 0. The number of hydrogen-bond acceptors (Lipinski definition) is 2. The molecule has 0 saturated carbocycles. The maximum Gasteiger partial charge on any atom is 0.310 e. The van der Waals surface area contributed by atoms with Crippen molar-refractivity contribution in [3.05, 3.63) is 48.0 Å². The minimum atomic E-state index is -0.136. The Morgan fingerprint density at radius 3 is 2.81 bits per heavy atom. The third-order valence-electron chi connectivity index (χ3n) is 2.68. The van der Waals surface area contributed by atoms with Crippen LogP contribution in [0.4, 0.5) is 0 Å². The number of esters is 1. The Labute approximate surface area is 95.9 Å². The molecule has 1 aliphatic carbocycles. The molecule has 0 fully saturated rings. The summed E-state index contributed by atoms with van der Waals surface area (Å²) in [6.07, 6.45) is 7.61. The minimum absolute atomic E-state index is 0.00929. The van der Waals surface area contributed by atoms with Gasteiger partial charge in [0.1, 0.15) is 6.10 Å². The Kier molecular flexibility index (Phi) is 3.76. The number of carbonyl (C=O) groups excluding carboxylic acids is 1. The van der Waals surface area contributed by atoms with E-state index in [0.29, 0.717) is 6.42 Å². The van der Waals surface area contributed by atoms with E-state index in [4.69, 9.17) is 4.74 Å². The van der Waals surface area contributed by atoms with E-state index < -0.39 is 0 Å². The number of allylic oxidation sites excluding steroid dienone is 1. The fourth-order valence-corrected chi connectivity index (χ4v) is 1.85. The lowest BCUT2D eigenvalue weighted by atomic mass is 10.1. The van der Waals surface area contributed by atoms with Crippen LogP contribution in [0.25, 0.3) is 0 Å². The fourth-order valence-electron chi connectivity index (χ4n) is 1.85. The second kappa shape index (κ2) is 5.50. The van der Waals surface area contributed by atoms with Crippen molar-refractivity contribution in [1.82, 2.24) is 0 Å². The molecule has 84 valence electrons. The molecule has 0 N–H and O–H groups in total. The molecule has 0 amide bonds. The van der Waals surface area contributed by atoms with Crippen molar-refractivity contribution in [3.63, 3.8) is 0 Å². The number of hydrogen-bond donors (Lipinski definition) is 0. The van der Waals surface area contributed by atoms with Gasteiger partial charge in [-0.15, -0.1) is 0 Å². The topological polar surface area (TPSA) is 26.3 Å². The zero-order chi connectivity index (χ0) is 11.2. The van der Waals surface area contributed by atoms with Gasteiger partial charge in [0.2, 0.25) is 0 Å². The standard InChI is InChI=1S/C14H16O2/c15-14(11-12-7-3-1-4-8-12)16-13-9-5-2-6-10-13/h1,3-5,7-9,13H,2,6,10-11H2. The molecule has 0 heterocycles. The van der Waals surface area contributed by atoms with E-state index in [1.54, 1.807) is 0 Å². The van der Waals surface area contributed by atoms with Gasteiger partial charge < -0.3 is 4.74 Å². The predicted molar refractivity (Wildman–Crippen MR) is 63.0 cm³/mol. The van der Waals surface area contributed by atoms with E-state index in [9.17, 15) is 4.79 Å². The number of benzene rings is 1. The molecule has 2 rings (SSSR count). The molecule has 0 aromatic heterocycles. The molecule has 0 bridgehead atoms. The highest BCUT2D eigenvalue weighted by atomic mass is 16.5. The van der Waals surface area contributed by atoms with E-state index in [0.717, 1.165) is 24.8 Å². The van der Waals surface area contributed by atoms with Gasteiger partial charge in [-0.2, -0.15) is 0 Å². The lowest BCUT2D eigenvalue weighted by molar-refractivity contribution is -0.146. The molecule has 1 atom stereocenters. The van der Waals surface area contributed by atoms with Gasteiger partial charge in [0.05, 0.1) is 6.42 Å². The second-order valence-electron chi connectivity index (χ2n) is 4.05. The summed E-state index contributed by atoms with van der Waals surface area (Å²) in [4.78, 5) is 11.6. The second-order valence-corrected chi connectivity index (χ2v) is 4.05. The fraction of sp³-hybridized carbons (Fsp3) is 0.357. The van der Waals surface area contributed by atoms with Gasteiger partial charge >= 0.3 is 5.97 Å². The zero-order valence-corrected chi connectivity index (χ0v) is 9.26. The van der Waals surface area contributed by atoms with Crippen molar-refractivity contribution in [2.75, 3.05) is 0 Å². The predicted octanol–water partition coefficient (Wildman–Crippen LogP) is 2.88. The van der Waals surface area contributed by atoms with Gasteiger partial charge in [0.15, 0.2) is 0 Å². The molecule has 0 spiro atoms. The lowest BCUT2D eigenvalue weighted by Gasteiger charge is -2.17. The van der Waals surface area contributed by atoms with Crippen molar-refractivity contribution in [2.24, 2.45) is 0 Å². The molecule has 2 heteroatoms. The smallest absolute Gasteiger partial charge is 0.310 e. The van der Waals surface area contributed by atoms with Gasteiger partial charge in [-0.25, -0.2) is 0 Å². The van der Waals surface area contributed by atoms with E-state index in [-0.39, 0.29) is 12.1 Å². The third-order valence-corrected chi connectivity index (χ3v) is 2.68. The van der Waals surface area contributed by atoms with Crippen LogP contribution in [0, 0.1) is 0 Å². The van der Waals surface area contributed by atoms with Crippen molar-refractivity contribution < 1.29 is 9.53 Å². The SMILES string of the molecule is O=C(Cc1ccccc1)OC1C=CCCC1. The van der Waals surface area contributed by atoms with Crippen LogP contribution in [0.2, 0.25) is 0 Å². The molecule has 1 aromatic rings. The molecule has 2 nitrogen and oxygen atoms in total. The van der Waals surface area contributed by atoms with Crippen LogP contribution in [0.5, 0.6) is 0 Å². The summed E-state index contributed by atoms with van der Waals surface area (Å²) in [5, 5.41) is 0. The highest BCUT2D eigenvalue weighted by Crippen LogP contribution is 2.14. The molecule has 1 aliphatic rings. The molecular formula is C14H16O2. The van der Waals surface area contributed by atoms with Crippen LogP contribution in [0.15, 0.2) is 42.5 Å². The Balaban J connectivity index is 1.84. The normalized spacial score (nSPS) is 19.4. The Morgan fingerprint density at radius 1 is 1.31 bits per heavy atom. The quantitative estimate of drug-likeness (QED) is 0.573. The van der Waals surface area contributed by atoms with E-state index >= 15 is 0 Å². The lowest BCUT2D eigenvalue weighted by Crippen LogP contribution is -2.19. The minimum Gasteiger partial charge on any atom is -0.458 e. The Bertz CT molecular complexity index is 368. The zero-order valence-electron chi connectivity index (χ0n) is 9.26. The summed E-state index contributed by atoms with van der Waals surface area (Å²) >= 11 is 0. The number of ether oxygens (including phenoxy) is 1. The maximum atomic E-state index is 11.6. The highest BCUT2D eigenvalue weighted by Gasteiger charge is 2.13. The van der Waals surface area contributed by atoms with Gasteiger partial charge in [-0.1, -0.05) is 36.4 Å². The first kappa shape index (κ1) is 10.9. The van der Waals surface area contributed by atoms with Crippen LogP contribution in [-0.2, 0) is 16.0 Å². The van der Waals surface area contributed by atoms with E-state index in [1.807, 2.05) is 36.4 Å². The van der Waals surface area contributed by atoms with Crippen molar-refractivity contribution in [3.8, 4) is 0 Å². The molecule has 0 saturated heterocycles. The summed E-state index contributed by atoms with van der Waals surface area (Å²) < 4.78 is 5.37. The first-order chi connectivity index (χ1) is 7.84. The number of carbonyl (C=O) groups is 1. The molecule has 0 radical (unpaired) electrons. The highest BCUT2D eigenvalue weighted by molar-refractivity contribution is 5.72. The monoisotopic (exact) mass is 216 g/mol. The largest absolute Gasteiger partial charge is 0.458 e. The van der Waals surface area contributed by atoms with Crippen LogP contribution in [0.1, 0.15) is 24.8 Å². The molecule has 0 aliphatic heterocycles. The summed E-state index contributed by atoms with van der Waals surface area (Å²) in [6, 6.07) is 9.70. The van der Waals surface area contributed by atoms with E-state index in [1.165, 1.54) is 0 Å². The summed E-state index contributed by atoms with van der Waals surface area (Å²) in [5.41, 5.74) is 1.01. The third kappa shape index (κ3) is 3.23. The van der Waals surface area contributed by atoms with Crippen LogP contribution in [-0.4, -0.2) is 12.1 Å². The summed E-state index contributed by atoms with van der Waals surface area (Å²) in [6.45, 7) is 0. The average Bonchev–Trinajstić information content (AvgIpc) is 2.31. The first-order valence-electron chi connectivity index (χ1n) is 5.74. The van der Waals surface area contributed by atoms with Gasteiger partial charge in [0, 0.05) is 0 Å². The van der Waals surface area contributed by atoms with Crippen molar-refractivity contribution in [1.29, 1.82) is 0 Å². The number of rotatable bonds is 3.